The van der Waals surface area contributed by atoms with Crippen LogP contribution in [-0.4, -0.2) is 39.5 Å². The second kappa shape index (κ2) is 6.43. The largest absolute Gasteiger partial charge is 0.497 e. The van der Waals surface area contributed by atoms with Crippen LogP contribution in [0, 0.1) is 5.92 Å². The zero-order chi connectivity index (χ0) is 14.6. The maximum absolute atomic E-state index is 12.3. The van der Waals surface area contributed by atoms with Gasteiger partial charge in [0.1, 0.15) is 5.75 Å². The maximum Gasteiger partial charge on any atom is 0.301 e. The molecule has 0 aromatic heterocycles. The Kier molecular flexibility index (Phi) is 4.85. The second-order valence-corrected chi connectivity index (χ2v) is 6.61. The first-order valence-corrected chi connectivity index (χ1v) is 8.11. The fourth-order valence-electron chi connectivity index (χ4n) is 2.31. The first kappa shape index (κ1) is 15.1. The molecule has 0 aliphatic carbocycles. The van der Waals surface area contributed by atoms with Crippen LogP contribution in [0.25, 0.3) is 0 Å². The van der Waals surface area contributed by atoms with Gasteiger partial charge in [0.05, 0.1) is 12.8 Å². The lowest BCUT2D eigenvalue weighted by Gasteiger charge is -2.31. The zero-order valence-corrected chi connectivity index (χ0v) is 12.4. The Labute approximate surface area is 120 Å². The van der Waals surface area contributed by atoms with Crippen LogP contribution in [0.2, 0.25) is 0 Å². The summed E-state index contributed by atoms with van der Waals surface area (Å²) in [6.45, 7) is 1.55. The van der Waals surface area contributed by atoms with Crippen molar-refractivity contribution in [2.24, 2.45) is 11.7 Å². The molecule has 7 heteroatoms. The van der Waals surface area contributed by atoms with Gasteiger partial charge in [0.2, 0.25) is 0 Å². The molecule has 20 heavy (non-hydrogen) atoms. The van der Waals surface area contributed by atoms with E-state index in [1.165, 1.54) is 4.31 Å². The third-order valence-corrected chi connectivity index (χ3v) is 5.00. The van der Waals surface area contributed by atoms with E-state index in [-0.39, 0.29) is 5.92 Å². The molecule has 0 radical (unpaired) electrons. The van der Waals surface area contributed by atoms with Gasteiger partial charge in [-0.25, -0.2) is 0 Å². The number of anilines is 1. The average Bonchev–Trinajstić information content (AvgIpc) is 2.48. The molecular formula is C13H21N3O3S. The summed E-state index contributed by atoms with van der Waals surface area (Å²) >= 11 is 0. The van der Waals surface area contributed by atoms with E-state index >= 15 is 0 Å². The molecule has 1 saturated heterocycles. The number of piperidine rings is 1. The topological polar surface area (TPSA) is 84.7 Å². The van der Waals surface area contributed by atoms with E-state index in [0.717, 1.165) is 12.8 Å². The lowest BCUT2D eigenvalue weighted by atomic mass is 10.0. The molecule has 1 heterocycles. The van der Waals surface area contributed by atoms with Gasteiger partial charge in [-0.3, -0.25) is 4.72 Å². The van der Waals surface area contributed by atoms with Crippen LogP contribution in [0.4, 0.5) is 5.69 Å². The first-order valence-electron chi connectivity index (χ1n) is 6.67. The summed E-state index contributed by atoms with van der Waals surface area (Å²) in [7, 11) is -1.94. The molecule has 3 N–H and O–H groups in total. The number of nitrogens with zero attached hydrogens (tertiary/aromatic N) is 1. The van der Waals surface area contributed by atoms with Crippen molar-refractivity contribution in [1.82, 2.24) is 4.31 Å². The van der Waals surface area contributed by atoms with Gasteiger partial charge in [-0.1, -0.05) is 0 Å². The smallest absolute Gasteiger partial charge is 0.301 e. The van der Waals surface area contributed by atoms with Crippen LogP contribution in [0.5, 0.6) is 5.75 Å². The lowest BCUT2D eigenvalue weighted by Crippen LogP contribution is -2.44. The summed E-state index contributed by atoms with van der Waals surface area (Å²) in [6.07, 6.45) is 1.84. The molecule has 1 aliphatic heterocycles. The van der Waals surface area contributed by atoms with E-state index < -0.39 is 10.2 Å². The number of nitrogens with one attached hydrogen (secondary N) is 1. The average molecular weight is 299 g/mol. The molecule has 1 aromatic carbocycles. The van der Waals surface area contributed by atoms with Gasteiger partial charge in [0, 0.05) is 13.1 Å². The highest BCUT2D eigenvalue weighted by atomic mass is 32.2. The van der Waals surface area contributed by atoms with Crippen molar-refractivity contribution in [2.75, 3.05) is 31.5 Å². The van der Waals surface area contributed by atoms with Gasteiger partial charge in [-0.15, -0.1) is 0 Å². The van der Waals surface area contributed by atoms with Gasteiger partial charge in [-0.2, -0.15) is 12.7 Å². The second-order valence-electron chi connectivity index (χ2n) is 4.94. The third-order valence-electron chi connectivity index (χ3n) is 3.49. The van der Waals surface area contributed by atoms with Crippen molar-refractivity contribution in [3.8, 4) is 5.75 Å². The number of hydrogen-bond acceptors (Lipinski definition) is 4. The number of nitrogens with two attached hydrogens (primary N) is 1. The van der Waals surface area contributed by atoms with Crippen molar-refractivity contribution in [3.05, 3.63) is 24.3 Å². The highest BCUT2D eigenvalue weighted by molar-refractivity contribution is 7.90. The van der Waals surface area contributed by atoms with Crippen LogP contribution >= 0.6 is 0 Å². The maximum atomic E-state index is 12.3. The van der Waals surface area contributed by atoms with Crippen LogP contribution < -0.4 is 15.2 Å². The first-order chi connectivity index (χ1) is 9.55. The predicted octanol–water partition coefficient (Wildman–Crippen LogP) is 1.02. The van der Waals surface area contributed by atoms with Gasteiger partial charge in [-0.05, 0) is 49.6 Å². The minimum Gasteiger partial charge on any atom is -0.497 e. The van der Waals surface area contributed by atoms with Crippen LogP contribution in [0.15, 0.2) is 24.3 Å². The molecule has 0 saturated carbocycles. The molecule has 0 bridgehead atoms. The molecule has 0 spiro atoms. The molecule has 6 nitrogen and oxygen atoms in total. The van der Waals surface area contributed by atoms with E-state index in [1.807, 2.05) is 0 Å². The molecule has 1 aromatic rings. The summed E-state index contributed by atoms with van der Waals surface area (Å²) in [5.41, 5.74) is 6.17. The Morgan fingerprint density at radius 3 is 2.70 bits per heavy atom. The van der Waals surface area contributed by atoms with Crippen molar-refractivity contribution in [1.29, 1.82) is 0 Å². The summed E-state index contributed by atoms with van der Waals surface area (Å²) in [4.78, 5) is 0. The Morgan fingerprint density at radius 2 is 2.10 bits per heavy atom. The summed E-state index contributed by atoms with van der Waals surface area (Å²) in [5.74, 6) is 0.935. The number of ether oxygens (including phenoxy) is 1. The van der Waals surface area contributed by atoms with E-state index in [0.29, 0.717) is 31.1 Å². The van der Waals surface area contributed by atoms with E-state index in [1.54, 1.807) is 31.4 Å². The van der Waals surface area contributed by atoms with Crippen LogP contribution in [0.3, 0.4) is 0 Å². The summed E-state index contributed by atoms with van der Waals surface area (Å²) in [6, 6.07) is 6.80. The highest BCUT2D eigenvalue weighted by Crippen LogP contribution is 2.21. The molecule has 112 valence electrons. The zero-order valence-electron chi connectivity index (χ0n) is 11.6. The summed E-state index contributed by atoms with van der Waals surface area (Å²) < 4.78 is 33.7. The molecule has 1 atom stereocenters. The minimum absolute atomic E-state index is 0.246. The SMILES string of the molecule is COc1ccc(NS(=O)(=O)N2CCCC(CN)C2)cc1. The normalized spacial score (nSPS) is 20.6. The molecule has 1 unspecified atom stereocenters. The van der Waals surface area contributed by atoms with Crippen molar-refractivity contribution in [3.63, 3.8) is 0 Å². The van der Waals surface area contributed by atoms with E-state index in [9.17, 15) is 8.42 Å². The predicted molar refractivity (Wildman–Crippen MR) is 78.9 cm³/mol. The Morgan fingerprint density at radius 1 is 1.40 bits per heavy atom. The number of benzene rings is 1. The van der Waals surface area contributed by atoms with Gasteiger partial charge in [0.25, 0.3) is 0 Å². The number of hydrogen-bond donors (Lipinski definition) is 2. The quantitative estimate of drug-likeness (QED) is 0.850. The Balaban J connectivity index is 2.05. The van der Waals surface area contributed by atoms with Crippen LogP contribution in [0.1, 0.15) is 12.8 Å². The monoisotopic (exact) mass is 299 g/mol. The summed E-state index contributed by atoms with van der Waals surface area (Å²) in [5, 5.41) is 0. The Hall–Kier alpha value is -1.31. The standard InChI is InChI=1S/C13H21N3O3S/c1-19-13-6-4-12(5-7-13)15-20(17,18)16-8-2-3-11(9-14)10-16/h4-7,11,15H,2-3,8-10,14H2,1H3. The van der Waals surface area contributed by atoms with Gasteiger partial charge in [0.15, 0.2) is 0 Å². The third kappa shape index (κ3) is 3.62. The van der Waals surface area contributed by atoms with Gasteiger partial charge < -0.3 is 10.5 Å². The number of rotatable bonds is 5. The lowest BCUT2D eigenvalue weighted by molar-refractivity contribution is 0.273. The fourth-order valence-corrected chi connectivity index (χ4v) is 3.65. The molecule has 1 aliphatic rings. The number of methoxy groups -OCH3 is 1. The molecule has 2 rings (SSSR count). The molecule has 0 amide bonds. The van der Waals surface area contributed by atoms with E-state index in [2.05, 4.69) is 4.72 Å². The van der Waals surface area contributed by atoms with Crippen molar-refractivity contribution < 1.29 is 13.2 Å². The van der Waals surface area contributed by atoms with Crippen molar-refractivity contribution in [2.45, 2.75) is 12.8 Å². The van der Waals surface area contributed by atoms with Gasteiger partial charge >= 0.3 is 10.2 Å². The van der Waals surface area contributed by atoms with Crippen molar-refractivity contribution >= 4 is 15.9 Å². The molecule has 1 fully saturated rings. The van der Waals surface area contributed by atoms with E-state index in [4.69, 9.17) is 10.5 Å². The fraction of sp³-hybridized carbons (Fsp3) is 0.538. The van der Waals surface area contributed by atoms with Crippen LogP contribution in [-0.2, 0) is 10.2 Å². The molecular weight excluding hydrogens is 278 g/mol. The minimum atomic E-state index is -3.51. The Bertz CT molecular complexity index is 530. The highest BCUT2D eigenvalue weighted by Gasteiger charge is 2.28.